The molecule has 0 amide bonds. The molecule has 1 atom stereocenters. The second-order valence-corrected chi connectivity index (χ2v) is 4.64. The molecular formula is C9H10BrClN6. The molecule has 0 bridgehead atoms. The summed E-state index contributed by atoms with van der Waals surface area (Å²) in [6.45, 7) is 1.96. The van der Waals surface area contributed by atoms with E-state index in [0.29, 0.717) is 15.4 Å². The summed E-state index contributed by atoms with van der Waals surface area (Å²) in [5.74, 6) is 1.44. The van der Waals surface area contributed by atoms with Crippen molar-refractivity contribution in [3.63, 3.8) is 0 Å². The summed E-state index contributed by atoms with van der Waals surface area (Å²) in [5, 5.41) is 11.4. The van der Waals surface area contributed by atoms with Crippen LogP contribution in [0.4, 0.5) is 5.82 Å². The molecule has 0 fully saturated rings. The zero-order valence-corrected chi connectivity index (χ0v) is 11.6. The van der Waals surface area contributed by atoms with E-state index >= 15 is 0 Å². The highest BCUT2D eigenvalue weighted by molar-refractivity contribution is 9.10. The van der Waals surface area contributed by atoms with Crippen molar-refractivity contribution >= 4 is 33.3 Å². The molecule has 2 aromatic rings. The number of nitrogens with one attached hydrogen (secondary N) is 1. The maximum atomic E-state index is 5.88. The largest absolute Gasteiger partial charge is 0.359 e. The summed E-state index contributed by atoms with van der Waals surface area (Å²) in [7, 11) is 1.88. The fourth-order valence-electron chi connectivity index (χ4n) is 1.40. The summed E-state index contributed by atoms with van der Waals surface area (Å²) in [5.41, 5.74) is 0. The van der Waals surface area contributed by atoms with Crippen molar-refractivity contribution in [2.24, 2.45) is 7.05 Å². The maximum absolute atomic E-state index is 5.88. The number of rotatable bonds is 3. The van der Waals surface area contributed by atoms with Crippen LogP contribution < -0.4 is 5.32 Å². The van der Waals surface area contributed by atoms with E-state index in [9.17, 15) is 0 Å². The minimum Gasteiger partial charge on any atom is -0.359 e. The first-order valence-corrected chi connectivity index (χ1v) is 6.03. The minimum absolute atomic E-state index is 0.0373. The van der Waals surface area contributed by atoms with Gasteiger partial charge in [-0.15, -0.1) is 10.2 Å². The van der Waals surface area contributed by atoms with E-state index < -0.39 is 0 Å². The molecule has 2 heterocycles. The lowest BCUT2D eigenvalue weighted by atomic mass is 10.3. The molecule has 2 rings (SSSR count). The summed E-state index contributed by atoms with van der Waals surface area (Å²) in [6, 6.07) is -0.0373. The van der Waals surface area contributed by atoms with Crippen LogP contribution in [0.25, 0.3) is 0 Å². The molecule has 6 nitrogen and oxygen atoms in total. The molecule has 0 aliphatic carbocycles. The molecule has 17 heavy (non-hydrogen) atoms. The lowest BCUT2D eigenvalue weighted by Crippen LogP contribution is -2.13. The zero-order chi connectivity index (χ0) is 12.4. The van der Waals surface area contributed by atoms with Gasteiger partial charge in [0.1, 0.15) is 23.6 Å². The van der Waals surface area contributed by atoms with E-state index in [0.717, 1.165) is 5.82 Å². The molecular weight excluding hydrogens is 307 g/mol. The third-order valence-corrected chi connectivity index (χ3v) is 3.50. The Balaban J connectivity index is 2.22. The monoisotopic (exact) mass is 316 g/mol. The third kappa shape index (κ3) is 2.55. The van der Waals surface area contributed by atoms with E-state index in [1.807, 2.05) is 18.5 Å². The van der Waals surface area contributed by atoms with Crippen LogP contribution in [-0.4, -0.2) is 24.7 Å². The highest BCUT2D eigenvalue weighted by atomic mass is 79.9. The minimum atomic E-state index is -0.0373. The number of aryl methyl sites for hydroxylation is 1. The molecule has 0 aliphatic rings. The van der Waals surface area contributed by atoms with Crippen LogP contribution in [0.5, 0.6) is 0 Å². The lowest BCUT2D eigenvalue weighted by Gasteiger charge is -2.14. The van der Waals surface area contributed by atoms with Gasteiger partial charge in [-0.3, -0.25) is 0 Å². The first kappa shape index (κ1) is 12.3. The number of hydrogen-bond donors (Lipinski definition) is 1. The van der Waals surface area contributed by atoms with E-state index in [4.69, 9.17) is 11.6 Å². The van der Waals surface area contributed by atoms with Crippen molar-refractivity contribution in [1.82, 2.24) is 24.7 Å². The van der Waals surface area contributed by atoms with Crippen LogP contribution in [-0.2, 0) is 7.05 Å². The van der Waals surface area contributed by atoms with Gasteiger partial charge in [0.25, 0.3) is 0 Å². The predicted octanol–water partition coefficient (Wildman–Crippen LogP) is 2.19. The average Bonchev–Trinajstić information content (AvgIpc) is 2.71. The van der Waals surface area contributed by atoms with Gasteiger partial charge in [-0.25, -0.2) is 9.97 Å². The Morgan fingerprint density at radius 2 is 2.24 bits per heavy atom. The SMILES string of the molecule is CC(Nc1ncnc(Cl)c1Br)c1nncn1C. The van der Waals surface area contributed by atoms with Crippen molar-refractivity contribution in [2.75, 3.05) is 5.32 Å². The van der Waals surface area contributed by atoms with Gasteiger partial charge in [-0.2, -0.15) is 0 Å². The van der Waals surface area contributed by atoms with Crippen molar-refractivity contribution < 1.29 is 0 Å². The first-order chi connectivity index (χ1) is 8.09. The number of aromatic nitrogens is 5. The first-order valence-electron chi connectivity index (χ1n) is 4.86. The van der Waals surface area contributed by atoms with Gasteiger partial charge in [0.05, 0.1) is 10.5 Å². The summed E-state index contributed by atoms with van der Waals surface area (Å²) < 4.78 is 2.48. The Labute approximate surface area is 112 Å². The smallest absolute Gasteiger partial charge is 0.154 e. The number of hydrogen-bond acceptors (Lipinski definition) is 5. The van der Waals surface area contributed by atoms with Gasteiger partial charge in [-0.1, -0.05) is 11.6 Å². The van der Waals surface area contributed by atoms with Crippen molar-refractivity contribution in [1.29, 1.82) is 0 Å². The van der Waals surface area contributed by atoms with Crippen LogP contribution in [0.3, 0.4) is 0 Å². The molecule has 0 aromatic carbocycles. The highest BCUT2D eigenvalue weighted by Gasteiger charge is 2.14. The second-order valence-electron chi connectivity index (χ2n) is 3.49. The fraction of sp³-hybridized carbons (Fsp3) is 0.333. The normalized spacial score (nSPS) is 12.5. The maximum Gasteiger partial charge on any atom is 0.154 e. The van der Waals surface area contributed by atoms with Crippen LogP contribution in [0, 0.1) is 0 Å². The molecule has 0 radical (unpaired) electrons. The van der Waals surface area contributed by atoms with Crippen LogP contribution in [0.1, 0.15) is 18.8 Å². The second kappa shape index (κ2) is 4.97. The Bertz CT molecular complexity index is 528. The Morgan fingerprint density at radius 1 is 1.47 bits per heavy atom. The number of nitrogens with zero attached hydrogens (tertiary/aromatic N) is 5. The molecule has 0 saturated heterocycles. The van der Waals surface area contributed by atoms with Crippen molar-refractivity contribution in [3.05, 3.63) is 28.1 Å². The van der Waals surface area contributed by atoms with E-state index in [1.54, 1.807) is 6.33 Å². The fourth-order valence-corrected chi connectivity index (χ4v) is 1.86. The Kier molecular flexibility index (Phi) is 3.58. The third-order valence-electron chi connectivity index (χ3n) is 2.23. The molecule has 90 valence electrons. The predicted molar refractivity (Wildman–Crippen MR) is 67.8 cm³/mol. The van der Waals surface area contributed by atoms with Crippen molar-refractivity contribution in [3.8, 4) is 0 Å². The standard InChI is InChI=1S/C9H10BrClN6/c1-5(9-16-14-4-17(9)2)15-8-6(10)7(11)12-3-13-8/h3-5H,1-2H3,(H,12,13,15). The molecule has 0 saturated carbocycles. The number of halogens is 2. The summed E-state index contributed by atoms with van der Waals surface area (Å²) in [6.07, 6.45) is 3.05. The zero-order valence-electron chi connectivity index (χ0n) is 9.22. The quantitative estimate of drug-likeness (QED) is 0.879. The summed E-state index contributed by atoms with van der Waals surface area (Å²) in [4.78, 5) is 7.97. The van der Waals surface area contributed by atoms with E-state index in [1.165, 1.54) is 6.33 Å². The molecule has 0 aliphatic heterocycles. The molecule has 8 heteroatoms. The average molecular weight is 318 g/mol. The van der Waals surface area contributed by atoms with Gasteiger partial charge in [0, 0.05) is 7.05 Å². The molecule has 2 aromatic heterocycles. The summed E-state index contributed by atoms with van der Waals surface area (Å²) >= 11 is 9.21. The van der Waals surface area contributed by atoms with E-state index in [-0.39, 0.29) is 6.04 Å². The molecule has 1 N–H and O–H groups in total. The highest BCUT2D eigenvalue weighted by Crippen LogP contribution is 2.28. The molecule has 1 unspecified atom stereocenters. The lowest BCUT2D eigenvalue weighted by molar-refractivity contribution is 0.715. The van der Waals surface area contributed by atoms with Gasteiger partial charge >= 0.3 is 0 Å². The topological polar surface area (TPSA) is 68.5 Å². The van der Waals surface area contributed by atoms with Gasteiger partial charge in [0.15, 0.2) is 5.82 Å². The van der Waals surface area contributed by atoms with Gasteiger partial charge < -0.3 is 9.88 Å². The van der Waals surface area contributed by atoms with Crippen molar-refractivity contribution in [2.45, 2.75) is 13.0 Å². The number of anilines is 1. The van der Waals surface area contributed by atoms with Gasteiger partial charge in [0.2, 0.25) is 0 Å². The van der Waals surface area contributed by atoms with Crippen LogP contribution in [0.15, 0.2) is 17.1 Å². The van der Waals surface area contributed by atoms with E-state index in [2.05, 4.69) is 41.4 Å². The molecule has 0 spiro atoms. The Morgan fingerprint density at radius 3 is 2.88 bits per heavy atom. The van der Waals surface area contributed by atoms with Gasteiger partial charge in [-0.05, 0) is 22.9 Å². The van der Waals surface area contributed by atoms with Crippen LogP contribution in [0.2, 0.25) is 5.15 Å². The Hall–Kier alpha value is -1.21. The van der Waals surface area contributed by atoms with Crippen LogP contribution >= 0.6 is 27.5 Å².